The second kappa shape index (κ2) is 11.3. The van der Waals surface area contributed by atoms with Crippen molar-refractivity contribution < 1.29 is 9.53 Å². The lowest BCUT2D eigenvalue weighted by Gasteiger charge is -2.10. The van der Waals surface area contributed by atoms with Gasteiger partial charge in [-0.25, -0.2) is 14.6 Å². The lowest BCUT2D eigenvalue weighted by Crippen LogP contribution is -2.27. The van der Waals surface area contributed by atoms with Crippen LogP contribution in [0.15, 0.2) is 40.1 Å². The number of hydrogen-bond donors (Lipinski definition) is 2. The number of amides is 1. The van der Waals surface area contributed by atoms with Gasteiger partial charge in [0.15, 0.2) is 10.8 Å². The van der Waals surface area contributed by atoms with Gasteiger partial charge in [-0.3, -0.25) is 4.79 Å². The first-order valence-corrected chi connectivity index (χ1v) is 11.6. The van der Waals surface area contributed by atoms with Crippen molar-refractivity contribution in [2.75, 3.05) is 37.4 Å². The summed E-state index contributed by atoms with van der Waals surface area (Å²) in [6.07, 6.45) is 1.76. The molecule has 1 amide bonds. The Kier molecular flexibility index (Phi) is 8.47. The second-order valence-electron chi connectivity index (χ2n) is 6.28. The molecule has 160 valence electrons. The number of aromatic nitrogens is 4. The van der Waals surface area contributed by atoms with Gasteiger partial charge >= 0.3 is 0 Å². The Bertz CT molecular complexity index is 997. The number of hydrogen-bond acceptors (Lipinski definition) is 7. The maximum absolute atomic E-state index is 12.3. The van der Waals surface area contributed by atoms with Crippen LogP contribution in [0.4, 0.5) is 5.82 Å². The molecule has 2 aromatic heterocycles. The van der Waals surface area contributed by atoms with Crippen LogP contribution in [0.5, 0.6) is 0 Å². The number of carbonyl (C=O) groups is 1. The number of rotatable bonds is 11. The third-order valence-electron chi connectivity index (χ3n) is 4.19. The minimum absolute atomic E-state index is 0.122. The number of carbonyl (C=O) groups excluding carboxylic acids is 1. The van der Waals surface area contributed by atoms with Crippen molar-refractivity contribution in [1.29, 1.82) is 0 Å². The third kappa shape index (κ3) is 5.93. The summed E-state index contributed by atoms with van der Waals surface area (Å²) in [6.45, 7) is 6.93. The third-order valence-corrected chi connectivity index (χ3v) is 5.41. The molecule has 3 aromatic rings. The first-order chi connectivity index (χ1) is 14.6. The molecule has 0 saturated carbocycles. The van der Waals surface area contributed by atoms with Gasteiger partial charge in [0.2, 0.25) is 0 Å². The van der Waals surface area contributed by atoms with E-state index in [0.717, 1.165) is 27.1 Å². The van der Waals surface area contributed by atoms with Crippen LogP contribution in [-0.2, 0) is 11.3 Å². The average molecular weight is 493 g/mol. The first kappa shape index (κ1) is 22.5. The zero-order valence-corrected chi connectivity index (χ0v) is 19.4. The quantitative estimate of drug-likeness (QED) is 0.240. The molecule has 0 aliphatic rings. The number of ether oxygens (including phenoxy) is 1. The maximum atomic E-state index is 12.3. The molecule has 0 saturated heterocycles. The van der Waals surface area contributed by atoms with E-state index in [2.05, 4.69) is 48.6 Å². The van der Waals surface area contributed by atoms with Crippen molar-refractivity contribution in [3.8, 4) is 0 Å². The van der Waals surface area contributed by atoms with E-state index in [4.69, 9.17) is 4.74 Å². The smallest absolute Gasteiger partial charge is 0.251 e. The summed E-state index contributed by atoms with van der Waals surface area (Å²) >= 11 is 4.96. The molecule has 3 rings (SSSR count). The normalized spacial score (nSPS) is 11.0. The highest BCUT2D eigenvalue weighted by Gasteiger charge is 2.13. The Morgan fingerprint density at radius 1 is 1.27 bits per heavy atom. The van der Waals surface area contributed by atoms with Crippen molar-refractivity contribution >= 4 is 50.5 Å². The summed E-state index contributed by atoms with van der Waals surface area (Å²) in [5, 5.41) is 12.3. The largest absolute Gasteiger partial charge is 0.380 e. The lowest BCUT2D eigenvalue weighted by atomic mass is 10.2. The molecule has 0 spiro atoms. The molecule has 8 nitrogen and oxygen atoms in total. The lowest BCUT2D eigenvalue weighted by molar-refractivity contribution is 0.0952. The summed E-state index contributed by atoms with van der Waals surface area (Å²) in [5.74, 6) is 1.50. The van der Waals surface area contributed by atoms with E-state index in [0.29, 0.717) is 43.6 Å². The van der Waals surface area contributed by atoms with Crippen LogP contribution in [0.1, 0.15) is 24.2 Å². The molecule has 0 radical (unpaired) electrons. The van der Waals surface area contributed by atoms with Crippen LogP contribution in [0, 0.1) is 0 Å². The van der Waals surface area contributed by atoms with E-state index in [1.165, 1.54) is 0 Å². The minimum atomic E-state index is -0.122. The van der Waals surface area contributed by atoms with Gasteiger partial charge in [0.05, 0.1) is 24.7 Å². The number of anilines is 1. The maximum Gasteiger partial charge on any atom is 0.251 e. The van der Waals surface area contributed by atoms with Gasteiger partial charge in [-0.15, -0.1) is 0 Å². The zero-order chi connectivity index (χ0) is 21.3. The van der Waals surface area contributed by atoms with E-state index in [1.54, 1.807) is 34.8 Å². The standard InChI is InChI=1S/C20H25BrN6O2S/c1-3-29-11-9-22-17-16-13-24-27(18(16)26-20(25-17)30-4-2)10-8-23-19(28)14-6-5-7-15(21)12-14/h5-7,12-13H,3-4,8-11H2,1-2H3,(H,23,28)(H,22,25,26). The van der Waals surface area contributed by atoms with Crippen LogP contribution in [0.3, 0.4) is 0 Å². The van der Waals surface area contributed by atoms with Gasteiger partial charge < -0.3 is 15.4 Å². The second-order valence-corrected chi connectivity index (χ2v) is 8.43. The van der Waals surface area contributed by atoms with E-state index >= 15 is 0 Å². The molecule has 0 atom stereocenters. The van der Waals surface area contributed by atoms with Gasteiger partial charge in [-0.2, -0.15) is 5.10 Å². The monoisotopic (exact) mass is 492 g/mol. The van der Waals surface area contributed by atoms with E-state index in [9.17, 15) is 4.79 Å². The number of halogens is 1. The molecule has 0 aliphatic heterocycles. The number of thioether (sulfide) groups is 1. The molecular formula is C20H25BrN6O2S. The van der Waals surface area contributed by atoms with Crippen molar-refractivity contribution in [3.63, 3.8) is 0 Å². The highest BCUT2D eigenvalue weighted by atomic mass is 79.9. The van der Waals surface area contributed by atoms with Crippen molar-refractivity contribution in [2.45, 2.75) is 25.5 Å². The number of nitrogens with zero attached hydrogens (tertiary/aromatic N) is 4. The van der Waals surface area contributed by atoms with Crippen LogP contribution in [0.25, 0.3) is 11.0 Å². The Labute approximate surface area is 188 Å². The van der Waals surface area contributed by atoms with Crippen molar-refractivity contribution in [1.82, 2.24) is 25.1 Å². The first-order valence-electron chi connectivity index (χ1n) is 9.84. The number of fused-ring (bicyclic) bond motifs is 1. The molecule has 0 bridgehead atoms. The van der Waals surface area contributed by atoms with Crippen molar-refractivity contribution in [3.05, 3.63) is 40.5 Å². The highest BCUT2D eigenvalue weighted by Crippen LogP contribution is 2.24. The van der Waals surface area contributed by atoms with Crippen LogP contribution in [0.2, 0.25) is 0 Å². The van der Waals surface area contributed by atoms with Gasteiger partial charge in [0.1, 0.15) is 5.82 Å². The zero-order valence-electron chi connectivity index (χ0n) is 17.0. The summed E-state index contributed by atoms with van der Waals surface area (Å²) in [4.78, 5) is 21.6. The predicted molar refractivity (Wildman–Crippen MR) is 123 cm³/mol. The van der Waals surface area contributed by atoms with E-state index < -0.39 is 0 Å². The molecule has 1 aromatic carbocycles. The fraction of sp³-hybridized carbons (Fsp3) is 0.400. The summed E-state index contributed by atoms with van der Waals surface area (Å²) in [5.41, 5.74) is 1.36. The topological polar surface area (TPSA) is 94.0 Å². The fourth-order valence-electron chi connectivity index (χ4n) is 2.82. The molecule has 2 heterocycles. The van der Waals surface area contributed by atoms with E-state index in [-0.39, 0.29) is 5.91 Å². The molecule has 0 unspecified atom stereocenters. The minimum Gasteiger partial charge on any atom is -0.380 e. The summed E-state index contributed by atoms with van der Waals surface area (Å²) in [6, 6.07) is 7.30. The van der Waals surface area contributed by atoms with Crippen LogP contribution in [-0.4, -0.2) is 57.7 Å². The molecule has 10 heteroatoms. The average Bonchev–Trinajstić information content (AvgIpc) is 3.14. The molecule has 0 aliphatic carbocycles. The Morgan fingerprint density at radius 2 is 2.13 bits per heavy atom. The van der Waals surface area contributed by atoms with Gasteiger partial charge in [0.25, 0.3) is 5.91 Å². The Morgan fingerprint density at radius 3 is 2.90 bits per heavy atom. The molecule has 30 heavy (non-hydrogen) atoms. The highest BCUT2D eigenvalue weighted by molar-refractivity contribution is 9.10. The van der Waals surface area contributed by atoms with Gasteiger partial charge in [-0.1, -0.05) is 40.7 Å². The number of benzene rings is 1. The summed E-state index contributed by atoms with van der Waals surface area (Å²) in [7, 11) is 0. The molecular weight excluding hydrogens is 468 g/mol. The van der Waals surface area contributed by atoms with Gasteiger partial charge in [-0.05, 0) is 30.9 Å². The predicted octanol–water partition coefficient (Wildman–Crippen LogP) is 3.58. The SMILES string of the molecule is CCOCCNc1nc(SCC)nc2c1cnn2CCNC(=O)c1cccc(Br)c1. The van der Waals surface area contributed by atoms with E-state index in [1.807, 2.05) is 19.1 Å². The number of nitrogens with one attached hydrogen (secondary N) is 2. The van der Waals surface area contributed by atoms with Gasteiger partial charge in [0, 0.05) is 29.7 Å². The van der Waals surface area contributed by atoms with Crippen LogP contribution >= 0.6 is 27.7 Å². The molecule has 0 fully saturated rings. The van der Waals surface area contributed by atoms with Crippen molar-refractivity contribution in [2.24, 2.45) is 0 Å². The summed E-state index contributed by atoms with van der Waals surface area (Å²) < 4.78 is 8.06. The molecule has 2 N–H and O–H groups in total. The van der Waals surface area contributed by atoms with Crippen LogP contribution < -0.4 is 10.6 Å². The fourth-order valence-corrected chi connectivity index (χ4v) is 3.78. The Hall–Kier alpha value is -2.17. The Balaban J connectivity index is 1.70.